The largest absolute Gasteiger partial charge is 0.506 e. The fourth-order valence-corrected chi connectivity index (χ4v) is 2.23. The van der Waals surface area contributed by atoms with Crippen molar-refractivity contribution in [2.45, 2.75) is 13.3 Å². The smallest absolute Gasteiger partial charge is 0.255 e. The lowest BCUT2D eigenvalue weighted by Crippen LogP contribution is -2.28. The minimum Gasteiger partial charge on any atom is -0.506 e. The summed E-state index contributed by atoms with van der Waals surface area (Å²) in [6, 6.07) is 3.02. The molecule has 0 aliphatic carbocycles. The zero-order chi connectivity index (χ0) is 13.7. The van der Waals surface area contributed by atoms with Crippen molar-refractivity contribution in [2.24, 2.45) is 5.92 Å². The van der Waals surface area contributed by atoms with Crippen molar-refractivity contribution in [3.8, 4) is 5.75 Å². The van der Waals surface area contributed by atoms with E-state index in [1.54, 1.807) is 0 Å². The molecule has 0 fully saturated rings. The van der Waals surface area contributed by atoms with Gasteiger partial charge in [0.1, 0.15) is 5.75 Å². The molecule has 1 aromatic carbocycles. The first-order valence-electron chi connectivity index (χ1n) is 5.52. The van der Waals surface area contributed by atoms with Crippen LogP contribution in [0.4, 0.5) is 0 Å². The Labute approximate surface area is 119 Å². The topological polar surface area (TPSA) is 69.6 Å². The fraction of sp³-hybridized carbons (Fsp3) is 0.417. The van der Waals surface area contributed by atoms with E-state index in [-0.39, 0.29) is 34.8 Å². The van der Waals surface area contributed by atoms with Gasteiger partial charge in [-0.15, -0.1) is 0 Å². The molecule has 1 amide bonds. The number of phenolic OH excluding ortho intramolecular Hbond substituents is 1. The molecule has 1 rings (SSSR count). The minimum absolute atomic E-state index is 0.0883. The number of halogens is 2. The van der Waals surface area contributed by atoms with Gasteiger partial charge in [-0.2, -0.15) is 0 Å². The van der Waals surface area contributed by atoms with E-state index in [1.807, 2.05) is 6.92 Å². The third-order valence-electron chi connectivity index (χ3n) is 2.51. The Hall–Kier alpha value is -0.780. The molecule has 1 aromatic rings. The summed E-state index contributed by atoms with van der Waals surface area (Å²) in [5, 5.41) is 21.3. The predicted octanol–water partition coefficient (Wildman–Crippen LogP) is 2.56. The maximum absolute atomic E-state index is 11.9. The standard InChI is InChI=1S/C12H15BrClNO3/c1-7(2-3-16)6-15-12(18)9-4-8(13)5-10(14)11(9)17/h4-5,7,16-17H,2-3,6H2,1H3,(H,15,18). The van der Waals surface area contributed by atoms with Crippen LogP contribution < -0.4 is 5.32 Å². The molecule has 1 atom stereocenters. The van der Waals surface area contributed by atoms with Crippen LogP contribution in [0.25, 0.3) is 0 Å². The van der Waals surface area contributed by atoms with E-state index in [2.05, 4.69) is 21.2 Å². The van der Waals surface area contributed by atoms with E-state index in [0.29, 0.717) is 17.4 Å². The Bertz CT molecular complexity index is 440. The van der Waals surface area contributed by atoms with Gasteiger partial charge in [0.05, 0.1) is 10.6 Å². The summed E-state index contributed by atoms with van der Waals surface area (Å²) in [5.74, 6) is -0.448. The third kappa shape index (κ3) is 4.15. The van der Waals surface area contributed by atoms with E-state index >= 15 is 0 Å². The van der Waals surface area contributed by atoms with Gasteiger partial charge in [-0.25, -0.2) is 0 Å². The lowest BCUT2D eigenvalue weighted by Gasteiger charge is -2.12. The maximum atomic E-state index is 11.9. The maximum Gasteiger partial charge on any atom is 0.255 e. The highest BCUT2D eigenvalue weighted by atomic mass is 79.9. The van der Waals surface area contributed by atoms with Crippen LogP contribution in [0.3, 0.4) is 0 Å². The second kappa shape index (κ2) is 6.97. The summed E-state index contributed by atoms with van der Waals surface area (Å²) in [5.41, 5.74) is 0.130. The highest BCUT2D eigenvalue weighted by molar-refractivity contribution is 9.10. The van der Waals surface area contributed by atoms with Crippen molar-refractivity contribution in [1.29, 1.82) is 0 Å². The lowest BCUT2D eigenvalue weighted by molar-refractivity contribution is 0.0942. The van der Waals surface area contributed by atoms with Crippen LogP contribution in [0.2, 0.25) is 5.02 Å². The first-order chi connectivity index (χ1) is 8.45. The first kappa shape index (κ1) is 15.3. The number of aromatic hydroxyl groups is 1. The zero-order valence-corrected chi connectivity index (χ0v) is 12.3. The molecule has 0 heterocycles. The molecule has 0 saturated carbocycles. The molecule has 0 saturated heterocycles. The number of aliphatic hydroxyl groups is 1. The van der Waals surface area contributed by atoms with Crippen LogP contribution in [-0.4, -0.2) is 29.3 Å². The SMILES string of the molecule is CC(CCO)CNC(=O)c1cc(Br)cc(Cl)c1O. The number of aliphatic hydroxyl groups excluding tert-OH is 1. The van der Waals surface area contributed by atoms with Gasteiger partial charge >= 0.3 is 0 Å². The second-order valence-electron chi connectivity index (χ2n) is 4.11. The van der Waals surface area contributed by atoms with Crippen LogP contribution in [0.1, 0.15) is 23.7 Å². The van der Waals surface area contributed by atoms with E-state index in [4.69, 9.17) is 16.7 Å². The minimum atomic E-state index is -0.388. The van der Waals surface area contributed by atoms with Gasteiger partial charge in [0.15, 0.2) is 0 Å². The molecule has 0 aromatic heterocycles. The summed E-state index contributed by atoms with van der Waals surface area (Å²) in [4.78, 5) is 11.9. The van der Waals surface area contributed by atoms with Crippen LogP contribution in [0, 0.1) is 5.92 Å². The molecule has 4 nitrogen and oxygen atoms in total. The molecule has 1 unspecified atom stereocenters. The van der Waals surface area contributed by atoms with Crippen molar-refractivity contribution >= 4 is 33.4 Å². The van der Waals surface area contributed by atoms with E-state index in [9.17, 15) is 9.90 Å². The molecule has 0 aliphatic rings. The van der Waals surface area contributed by atoms with E-state index in [1.165, 1.54) is 12.1 Å². The van der Waals surface area contributed by atoms with Gasteiger partial charge in [0, 0.05) is 17.6 Å². The van der Waals surface area contributed by atoms with Gasteiger partial charge < -0.3 is 15.5 Å². The summed E-state index contributed by atoms with van der Waals surface area (Å²) < 4.78 is 0.624. The third-order valence-corrected chi connectivity index (χ3v) is 3.25. The number of benzene rings is 1. The molecule has 100 valence electrons. The summed E-state index contributed by atoms with van der Waals surface area (Å²) in [7, 11) is 0. The van der Waals surface area contributed by atoms with Crippen molar-refractivity contribution < 1.29 is 15.0 Å². The molecule has 0 bridgehead atoms. The van der Waals surface area contributed by atoms with E-state index in [0.717, 1.165) is 0 Å². The monoisotopic (exact) mass is 335 g/mol. The first-order valence-corrected chi connectivity index (χ1v) is 6.69. The molecule has 3 N–H and O–H groups in total. The van der Waals surface area contributed by atoms with Gasteiger partial charge in [-0.3, -0.25) is 4.79 Å². The summed E-state index contributed by atoms with van der Waals surface area (Å²) in [6.07, 6.45) is 0.617. The molecule has 6 heteroatoms. The average Bonchev–Trinajstić information content (AvgIpc) is 2.31. The molecule has 0 spiro atoms. The molecule has 0 radical (unpaired) electrons. The Morgan fingerprint density at radius 3 is 2.83 bits per heavy atom. The Balaban J connectivity index is 2.73. The number of hydrogen-bond donors (Lipinski definition) is 3. The van der Waals surface area contributed by atoms with Gasteiger partial charge in [0.25, 0.3) is 5.91 Å². The van der Waals surface area contributed by atoms with Crippen molar-refractivity contribution in [3.05, 3.63) is 27.2 Å². The Morgan fingerprint density at radius 2 is 2.22 bits per heavy atom. The second-order valence-corrected chi connectivity index (χ2v) is 5.43. The Morgan fingerprint density at radius 1 is 1.56 bits per heavy atom. The average molecular weight is 337 g/mol. The highest BCUT2D eigenvalue weighted by Gasteiger charge is 2.15. The van der Waals surface area contributed by atoms with Gasteiger partial charge in [-0.05, 0) is 24.5 Å². The molecule has 18 heavy (non-hydrogen) atoms. The van der Waals surface area contributed by atoms with Crippen LogP contribution in [0.5, 0.6) is 5.75 Å². The Kier molecular flexibility index (Phi) is 5.91. The van der Waals surface area contributed by atoms with Crippen molar-refractivity contribution in [2.75, 3.05) is 13.2 Å². The lowest BCUT2D eigenvalue weighted by atomic mass is 10.1. The number of nitrogens with one attached hydrogen (secondary N) is 1. The molecular weight excluding hydrogens is 321 g/mol. The van der Waals surface area contributed by atoms with Crippen LogP contribution in [-0.2, 0) is 0 Å². The highest BCUT2D eigenvalue weighted by Crippen LogP contribution is 2.31. The number of carbonyl (C=O) groups excluding carboxylic acids is 1. The molecule has 0 aliphatic heterocycles. The van der Waals surface area contributed by atoms with Crippen LogP contribution in [0.15, 0.2) is 16.6 Å². The number of hydrogen-bond acceptors (Lipinski definition) is 3. The number of carbonyl (C=O) groups is 1. The fourth-order valence-electron chi connectivity index (χ4n) is 1.42. The normalized spacial score (nSPS) is 12.2. The molecular formula is C12H15BrClNO3. The van der Waals surface area contributed by atoms with Crippen molar-refractivity contribution in [1.82, 2.24) is 5.32 Å². The number of rotatable bonds is 5. The van der Waals surface area contributed by atoms with E-state index < -0.39 is 0 Å². The van der Waals surface area contributed by atoms with Gasteiger partial charge in [0.2, 0.25) is 0 Å². The quantitative estimate of drug-likeness (QED) is 0.774. The predicted molar refractivity (Wildman–Crippen MR) is 74.0 cm³/mol. The summed E-state index contributed by atoms with van der Waals surface area (Å²) in [6.45, 7) is 2.44. The zero-order valence-electron chi connectivity index (χ0n) is 9.91. The summed E-state index contributed by atoms with van der Waals surface area (Å²) >= 11 is 8.99. The number of amides is 1. The number of phenols is 1. The van der Waals surface area contributed by atoms with Crippen LogP contribution >= 0.6 is 27.5 Å². The van der Waals surface area contributed by atoms with Crippen molar-refractivity contribution in [3.63, 3.8) is 0 Å². The van der Waals surface area contributed by atoms with Gasteiger partial charge in [-0.1, -0.05) is 34.5 Å².